The average Bonchev–Trinajstić information content (AvgIpc) is 2.59. The first-order chi connectivity index (χ1) is 11.8. The Kier molecular flexibility index (Phi) is 4.72. The van der Waals surface area contributed by atoms with E-state index in [-0.39, 0.29) is 11.5 Å². The van der Waals surface area contributed by atoms with Crippen LogP contribution in [-0.2, 0) is 5.41 Å². The quantitative estimate of drug-likeness (QED) is 0.769. The molecule has 0 aromatic heterocycles. The van der Waals surface area contributed by atoms with Crippen molar-refractivity contribution in [3.8, 4) is 11.5 Å². The fraction of sp³-hybridized carbons (Fsp3) is 0.429. The number of halogens is 2. The standard InChI is InChI=1S/C21H24F2O2/c1-13(2)14-7-9-21(10-8-14,15-3-5-19(24)17(22)11-15)16-4-6-20(25)18(23)12-16/h3-6,11-14,24-25H,7-10H2,1-2H3. The Labute approximate surface area is 147 Å². The van der Waals surface area contributed by atoms with Crippen LogP contribution >= 0.6 is 0 Å². The maximum Gasteiger partial charge on any atom is 0.165 e. The predicted molar refractivity (Wildman–Crippen MR) is 93.7 cm³/mol. The minimum Gasteiger partial charge on any atom is -0.505 e. The molecule has 134 valence electrons. The second kappa shape index (κ2) is 6.66. The Balaban J connectivity index is 2.08. The molecular formula is C21H24F2O2. The predicted octanol–water partition coefficient (Wildman–Crippen LogP) is 5.51. The van der Waals surface area contributed by atoms with Crippen LogP contribution in [0.15, 0.2) is 36.4 Å². The van der Waals surface area contributed by atoms with E-state index in [4.69, 9.17) is 0 Å². The lowest BCUT2D eigenvalue weighted by atomic mass is 9.61. The van der Waals surface area contributed by atoms with Crippen LogP contribution in [0.3, 0.4) is 0 Å². The number of phenolic OH excluding ortho intramolecular Hbond substituents is 2. The molecular weight excluding hydrogens is 322 g/mol. The lowest BCUT2D eigenvalue weighted by Crippen LogP contribution is -2.34. The van der Waals surface area contributed by atoms with E-state index in [0.29, 0.717) is 11.8 Å². The molecule has 0 amide bonds. The monoisotopic (exact) mass is 346 g/mol. The molecule has 0 heterocycles. The molecule has 25 heavy (non-hydrogen) atoms. The summed E-state index contributed by atoms with van der Waals surface area (Å²) in [6.45, 7) is 4.41. The summed E-state index contributed by atoms with van der Waals surface area (Å²) in [6.07, 6.45) is 3.51. The molecule has 1 saturated carbocycles. The number of aromatic hydroxyl groups is 2. The van der Waals surface area contributed by atoms with Gasteiger partial charge in [-0.15, -0.1) is 0 Å². The van der Waals surface area contributed by atoms with Crippen LogP contribution in [0.25, 0.3) is 0 Å². The molecule has 2 N–H and O–H groups in total. The smallest absolute Gasteiger partial charge is 0.165 e. The highest BCUT2D eigenvalue weighted by molar-refractivity contribution is 5.44. The molecule has 2 aromatic rings. The molecule has 0 saturated heterocycles. The zero-order valence-electron chi connectivity index (χ0n) is 14.6. The average molecular weight is 346 g/mol. The lowest BCUT2D eigenvalue weighted by molar-refractivity contribution is 0.217. The molecule has 0 bridgehead atoms. The third-order valence-corrected chi connectivity index (χ3v) is 5.83. The van der Waals surface area contributed by atoms with Crippen molar-refractivity contribution in [1.82, 2.24) is 0 Å². The van der Waals surface area contributed by atoms with Crippen molar-refractivity contribution in [3.63, 3.8) is 0 Å². The van der Waals surface area contributed by atoms with E-state index in [1.165, 1.54) is 24.3 Å². The van der Waals surface area contributed by atoms with Crippen LogP contribution in [0, 0.1) is 23.5 Å². The fourth-order valence-electron chi connectivity index (χ4n) is 4.15. The second-order valence-corrected chi connectivity index (χ2v) is 7.50. The van der Waals surface area contributed by atoms with E-state index in [9.17, 15) is 19.0 Å². The van der Waals surface area contributed by atoms with E-state index in [1.807, 2.05) is 0 Å². The molecule has 2 nitrogen and oxygen atoms in total. The van der Waals surface area contributed by atoms with Gasteiger partial charge in [0.15, 0.2) is 23.1 Å². The molecule has 0 atom stereocenters. The summed E-state index contributed by atoms with van der Waals surface area (Å²) in [5.41, 5.74) is 0.985. The van der Waals surface area contributed by atoms with E-state index in [2.05, 4.69) is 13.8 Å². The SMILES string of the molecule is CC(C)C1CCC(c2ccc(O)c(F)c2)(c2ccc(O)c(F)c2)CC1. The first-order valence-corrected chi connectivity index (χ1v) is 8.81. The van der Waals surface area contributed by atoms with Gasteiger partial charge >= 0.3 is 0 Å². The van der Waals surface area contributed by atoms with Gasteiger partial charge in [0, 0.05) is 5.41 Å². The molecule has 1 aliphatic carbocycles. The lowest BCUT2D eigenvalue weighted by Gasteiger charge is -2.42. The Morgan fingerprint density at radius 2 is 1.32 bits per heavy atom. The highest BCUT2D eigenvalue weighted by Gasteiger charge is 2.39. The number of hydrogen-bond donors (Lipinski definition) is 2. The van der Waals surface area contributed by atoms with Crippen LogP contribution in [0.4, 0.5) is 8.78 Å². The molecule has 1 fully saturated rings. The number of hydrogen-bond acceptors (Lipinski definition) is 2. The molecule has 3 rings (SSSR count). The summed E-state index contributed by atoms with van der Waals surface area (Å²) in [4.78, 5) is 0. The van der Waals surface area contributed by atoms with E-state index < -0.39 is 17.0 Å². The van der Waals surface area contributed by atoms with E-state index in [0.717, 1.165) is 36.8 Å². The first kappa shape index (κ1) is 17.7. The van der Waals surface area contributed by atoms with Crippen molar-refractivity contribution in [1.29, 1.82) is 0 Å². The first-order valence-electron chi connectivity index (χ1n) is 8.81. The molecule has 0 radical (unpaired) electrons. The van der Waals surface area contributed by atoms with Crippen molar-refractivity contribution in [2.24, 2.45) is 11.8 Å². The van der Waals surface area contributed by atoms with Crippen molar-refractivity contribution in [3.05, 3.63) is 59.2 Å². The van der Waals surface area contributed by atoms with Crippen molar-refractivity contribution < 1.29 is 19.0 Å². The minimum atomic E-state index is -0.665. The van der Waals surface area contributed by atoms with Crippen LogP contribution in [0.1, 0.15) is 50.7 Å². The van der Waals surface area contributed by atoms with E-state index in [1.54, 1.807) is 12.1 Å². The largest absolute Gasteiger partial charge is 0.505 e. The zero-order chi connectivity index (χ0) is 18.2. The van der Waals surface area contributed by atoms with Gasteiger partial charge in [-0.05, 0) is 72.9 Å². The summed E-state index contributed by atoms with van der Waals surface area (Å²) in [5.74, 6) is -0.925. The van der Waals surface area contributed by atoms with Gasteiger partial charge < -0.3 is 10.2 Å². The second-order valence-electron chi connectivity index (χ2n) is 7.50. The third-order valence-electron chi connectivity index (χ3n) is 5.83. The van der Waals surface area contributed by atoms with Gasteiger partial charge in [0.05, 0.1) is 0 Å². The van der Waals surface area contributed by atoms with Gasteiger partial charge in [-0.1, -0.05) is 26.0 Å². The normalized spacial score (nSPS) is 17.8. The Morgan fingerprint density at radius 3 is 1.68 bits per heavy atom. The van der Waals surface area contributed by atoms with Gasteiger partial charge in [0.1, 0.15) is 0 Å². The molecule has 1 aliphatic rings. The van der Waals surface area contributed by atoms with Gasteiger partial charge in [-0.25, -0.2) is 8.78 Å². The number of phenols is 2. The van der Waals surface area contributed by atoms with Crippen molar-refractivity contribution >= 4 is 0 Å². The minimum absolute atomic E-state index is 0.383. The summed E-state index contributed by atoms with van der Waals surface area (Å²) in [5, 5.41) is 19.0. The molecule has 0 aliphatic heterocycles. The van der Waals surface area contributed by atoms with Gasteiger partial charge in [0.25, 0.3) is 0 Å². The fourth-order valence-corrected chi connectivity index (χ4v) is 4.15. The summed E-state index contributed by atoms with van der Waals surface area (Å²) < 4.78 is 28.0. The molecule has 0 unspecified atom stereocenters. The Hall–Kier alpha value is -2.10. The third kappa shape index (κ3) is 3.22. The van der Waals surface area contributed by atoms with Crippen LogP contribution in [-0.4, -0.2) is 10.2 Å². The summed E-state index contributed by atoms with van der Waals surface area (Å²) in [7, 11) is 0. The highest BCUT2D eigenvalue weighted by Crippen LogP contribution is 2.48. The number of rotatable bonds is 3. The Morgan fingerprint density at radius 1 is 0.880 bits per heavy atom. The van der Waals surface area contributed by atoms with Gasteiger partial charge in [-0.3, -0.25) is 0 Å². The van der Waals surface area contributed by atoms with Crippen LogP contribution in [0.2, 0.25) is 0 Å². The maximum atomic E-state index is 14.0. The van der Waals surface area contributed by atoms with Crippen molar-refractivity contribution in [2.75, 3.05) is 0 Å². The molecule has 0 spiro atoms. The highest BCUT2D eigenvalue weighted by atomic mass is 19.1. The van der Waals surface area contributed by atoms with Gasteiger partial charge in [0.2, 0.25) is 0 Å². The maximum absolute atomic E-state index is 14.0. The topological polar surface area (TPSA) is 40.5 Å². The zero-order valence-corrected chi connectivity index (χ0v) is 14.6. The van der Waals surface area contributed by atoms with Crippen molar-refractivity contribution in [2.45, 2.75) is 44.9 Å². The molecule has 2 aromatic carbocycles. The molecule has 4 heteroatoms. The Bertz CT molecular complexity index is 709. The van der Waals surface area contributed by atoms with Gasteiger partial charge in [-0.2, -0.15) is 0 Å². The van der Waals surface area contributed by atoms with Crippen LogP contribution in [0.5, 0.6) is 11.5 Å². The van der Waals surface area contributed by atoms with Crippen LogP contribution < -0.4 is 0 Å². The summed E-state index contributed by atoms with van der Waals surface area (Å²) >= 11 is 0. The number of benzene rings is 2. The summed E-state index contributed by atoms with van der Waals surface area (Å²) in [6, 6.07) is 8.87. The van der Waals surface area contributed by atoms with E-state index >= 15 is 0 Å².